The molecule has 0 aliphatic heterocycles. The van der Waals surface area contributed by atoms with Crippen molar-refractivity contribution in [1.29, 1.82) is 0 Å². The van der Waals surface area contributed by atoms with E-state index in [1.807, 2.05) is 6.08 Å². The molecule has 154 valence electrons. The van der Waals surface area contributed by atoms with E-state index in [0.717, 1.165) is 36.2 Å². The highest BCUT2D eigenvalue weighted by atomic mass is 16.5. The van der Waals surface area contributed by atoms with Gasteiger partial charge in [-0.3, -0.25) is 4.79 Å². The molecule has 0 amide bonds. The maximum absolute atomic E-state index is 12.2. The highest BCUT2D eigenvalue weighted by molar-refractivity contribution is 6.01. The Bertz CT molecular complexity index is 714. The third kappa shape index (κ3) is 3.02. The first-order valence-electron chi connectivity index (χ1n) is 11.7. The number of rotatable bonds is 6. The molecule has 0 aromatic rings. The Morgan fingerprint density at radius 2 is 1.93 bits per heavy atom. The fourth-order valence-corrected chi connectivity index (χ4v) is 7.18. The molecular weight excluding hydrogens is 344 g/mol. The Balaban J connectivity index is 1.70. The van der Waals surface area contributed by atoms with Crippen LogP contribution >= 0.6 is 0 Å². The molecular formula is C26H38O2. The van der Waals surface area contributed by atoms with E-state index in [0.29, 0.717) is 17.3 Å². The van der Waals surface area contributed by atoms with Crippen LogP contribution in [0.15, 0.2) is 35.6 Å². The number of carbonyl (C=O) groups excluding carboxylic acids is 1. The average Bonchev–Trinajstić information content (AvgIpc) is 3.02. The molecule has 6 atom stereocenters. The summed E-state index contributed by atoms with van der Waals surface area (Å²) in [5.41, 5.74) is 1.57. The summed E-state index contributed by atoms with van der Waals surface area (Å²) in [5.74, 6) is 3.93. The molecule has 4 aliphatic carbocycles. The molecule has 0 radical (unpaired) electrons. The number of hydrogen-bond donors (Lipinski definition) is 0. The molecule has 4 rings (SSSR count). The van der Waals surface area contributed by atoms with Crippen molar-refractivity contribution in [2.24, 2.45) is 34.5 Å². The summed E-state index contributed by atoms with van der Waals surface area (Å²) < 4.78 is 6.36. The van der Waals surface area contributed by atoms with E-state index in [2.05, 4.69) is 39.8 Å². The molecule has 2 fully saturated rings. The Hall–Kier alpha value is -1.31. The minimum Gasteiger partial charge on any atom is -0.494 e. The summed E-state index contributed by atoms with van der Waals surface area (Å²) in [6.07, 6.45) is 18.5. The molecule has 0 heterocycles. The Kier molecular flexibility index (Phi) is 5.35. The van der Waals surface area contributed by atoms with Gasteiger partial charge in [0.15, 0.2) is 5.78 Å². The van der Waals surface area contributed by atoms with Gasteiger partial charge in [0, 0.05) is 11.0 Å². The summed E-state index contributed by atoms with van der Waals surface area (Å²) >= 11 is 0. The third-order valence-electron chi connectivity index (χ3n) is 8.87. The van der Waals surface area contributed by atoms with Gasteiger partial charge in [0.05, 0.1) is 6.61 Å². The van der Waals surface area contributed by atoms with Crippen molar-refractivity contribution in [3.63, 3.8) is 0 Å². The molecule has 0 spiro atoms. The first kappa shape index (κ1) is 20.0. The summed E-state index contributed by atoms with van der Waals surface area (Å²) in [4.78, 5) is 12.2. The van der Waals surface area contributed by atoms with Crippen LogP contribution in [0.3, 0.4) is 0 Å². The first-order valence-corrected chi connectivity index (χ1v) is 11.7. The zero-order valence-corrected chi connectivity index (χ0v) is 18.3. The van der Waals surface area contributed by atoms with Crippen molar-refractivity contribution < 1.29 is 9.53 Å². The Morgan fingerprint density at radius 1 is 1.11 bits per heavy atom. The van der Waals surface area contributed by atoms with Gasteiger partial charge < -0.3 is 4.74 Å². The van der Waals surface area contributed by atoms with Crippen LogP contribution in [0.1, 0.15) is 79.1 Å². The van der Waals surface area contributed by atoms with Gasteiger partial charge >= 0.3 is 0 Å². The molecule has 0 bridgehead atoms. The summed E-state index contributed by atoms with van der Waals surface area (Å²) in [7, 11) is 0. The number of ketones is 1. The van der Waals surface area contributed by atoms with E-state index < -0.39 is 0 Å². The first-order chi connectivity index (χ1) is 13.4. The van der Waals surface area contributed by atoms with E-state index in [1.54, 1.807) is 6.08 Å². The standard InChI is InChI=1S/C26H38O2/c1-5-7-8-15-28-24-17-20-21-10-9-18(6-2)25(21,3)14-12-22(20)26(4)13-11-19(27)16-23(24)26/h11,13,16-18,20-22H,5-10,12,14-15H2,1-4H3/t18-,20-,21-,22-,25+,26+/m0/s1. The normalized spacial score (nSPS) is 41.6. The minimum atomic E-state index is -0.0565. The topological polar surface area (TPSA) is 26.3 Å². The molecule has 2 saturated carbocycles. The number of unbranched alkanes of at least 4 members (excludes halogenated alkanes) is 2. The maximum atomic E-state index is 12.2. The molecule has 2 nitrogen and oxygen atoms in total. The molecule has 2 heteroatoms. The van der Waals surface area contributed by atoms with E-state index in [1.165, 1.54) is 44.9 Å². The lowest BCUT2D eigenvalue weighted by Gasteiger charge is -2.55. The zero-order chi connectivity index (χ0) is 19.9. The SMILES string of the molecule is CCCCCOC1=C[C@H]2[C@@H]3CC[C@H](CC)[C@@]3(C)CC[C@@H]2[C@@]2(C)C=CC(=O)C=C12. The highest BCUT2D eigenvalue weighted by Crippen LogP contribution is 2.65. The van der Waals surface area contributed by atoms with E-state index >= 15 is 0 Å². The van der Waals surface area contributed by atoms with Crippen molar-refractivity contribution in [2.75, 3.05) is 6.61 Å². The van der Waals surface area contributed by atoms with Crippen LogP contribution in [-0.2, 0) is 9.53 Å². The van der Waals surface area contributed by atoms with Crippen molar-refractivity contribution in [3.8, 4) is 0 Å². The Labute approximate surface area is 171 Å². The summed E-state index contributed by atoms with van der Waals surface area (Å²) in [5, 5.41) is 0. The molecule has 4 aliphatic rings. The van der Waals surface area contributed by atoms with Crippen LogP contribution in [0, 0.1) is 34.5 Å². The monoisotopic (exact) mass is 382 g/mol. The maximum Gasteiger partial charge on any atom is 0.178 e. The summed E-state index contributed by atoms with van der Waals surface area (Å²) in [6, 6.07) is 0. The number of fused-ring (bicyclic) bond motifs is 5. The molecule has 28 heavy (non-hydrogen) atoms. The van der Waals surface area contributed by atoms with Crippen LogP contribution in [0.5, 0.6) is 0 Å². The van der Waals surface area contributed by atoms with E-state index in [-0.39, 0.29) is 11.2 Å². The van der Waals surface area contributed by atoms with Gasteiger partial charge in [-0.25, -0.2) is 0 Å². The van der Waals surface area contributed by atoms with Crippen LogP contribution in [0.2, 0.25) is 0 Å². The molecule has 0 N–H and O–H groups in total. The molecule has 0 unspecified atom stereocenters. The predicted molar refractivity (Wildman–Crippen MR) is 115 cm³/mol. The van der Waals surface area contributed by atoms with Gasteiger partial charge in [0.25, 0.3) is 0 Å². The highest BCUT2D eigenvalue weighted by Gasteiger charge is 2.58. The second-order valence-electron chi connectivity index (χ2n) is 10.2. The third-order valence-corrected chi connectivity index (χ3v) is 8.87. The summed E-state index contributed by atoms with van der Waals surface area (Å²) in [6.45, 7) is 10.3. The smallest absolute Gasteiger partial charge is 0.178 e. The van der Waals surface area contributed by atoms with E-state index in [4.69, 9.17) is 4.74 Å². The van der Waals surface area contributed by atoms with Crippen molar-refractivity contribution in [1.82, 2.24) is 0 Å². The zero-order valence-electron chi connectivity index (χ0n) is 18.3. The lowest BCUT2D eigenvalue weighted by molar-refractivity contribution is -0.110. The van der Waals surface area contributed by atoms with Gasteiger partial charge in [0.1, 0.15) is 5.76 Å². The molecule has 0 aromatic carbocycles. The van der Waals surface area contributed by atoms with Crippen LogP contribution < -0.4 is 0 Å². The van der Waals surface area contributed by atoms with Crippen LogP contribution in [0.4, 0.5) is 0 Å². The average molecular weight is 383 g/mol. The van der Waals surface area contributed by atoms with Gasteiger partial charge in [-0.05, 0) is 79.4 Å². The predicted octanol–water partition coefficient (Wildman–Crippen LogP) is 6.63. The number of ether oxygens (including phenoxy) is 1. The largest absolute Gasteiger partial charge is 0.494 e. The van der Waals surface area contributed by atoms with Gasteiger partial charge in [-0.2, -0.15) is 0 Å². The number of hydrogen-bond acceptors (Lipinski definition) is 2. The van der Waals surface area contributed by atoms with Crippen molar-refractivity contribution >= 4 is 5.78 Å². The second kappa shape index (κ2) is 7.50. The lowest BCUT2D eigenvalue weighted by atomic mass is 9.49. The fourth-order valence-electron chi connectivity index (χ4n) is 7.18. The van der Waals surface area contributed by atoms with Crippen molar-refractivity contribution in [2.45, 2.75) is 79.1 Å². The van der Waals surface area contributed by atoms with Crippen LogP contribution in [0.25, 0.3) is 0 Å². The Morgan fingerprint density at radius 3 is 2.68 bits per heavy atom. The minimum absolute atomic E-state index is 0.0565. The number of allylic oxidation sites excluding steroid dienone is 5. The fraction of sp³-hybridized carbons (Fsp3) is 0.731. The van der Waals surface area contributed by atoms with Gasteiger partial charge in [-0.1, -0.05) is 53.0 Å². The van der Waals surface area contributed by atoms with Crippen LogP contribution in [-0.4, -0.2) is 12.4 Å². The van der Waals surface area contributed by atoms with Crippen molar-refractivity contribution in [3.05, 3.63) is 35.6 Å². The van der Waals surface area contributed by atoms with Gasteiger partial charge in [0.2, 0.25) is 0 Å². The van der Waals surface area contributed by atoms with E-state index in [9.17, 15) is 4.79 Å². The lowest BCUT2D eigenvalue weighted by Crippen LogP contribution is -2.49. The second-order valence-corrected chi connectivity index (χ2v) is 10.2. The molecule has 0 aromatic heterocycles. The number of carbonyl (C=O) groups is 1. The quantitative estimate of drug-likeness (QED) is 0.482. The molecule has 0 saturated heterocycles. The van der Waals surface area contributed by atoms with Gasteiger partial charge in [-0.15, -0.1) is 0 Å².